The smallest absolute Gasteiger partial charge is 0.225 e. The summed E-state index contributed by atoms with van der Waals surface area (Å²) in [4.78, 5) is 15.8. The molecule has 0 N–H and O–H groups in total. The van der Waals surface area contributed by atoms with Gasteiger partial charge in [-0.15, -0.1) is 0 Å². The zero-order chi connectivity index (χ0) is 25.9. The van der Waals surface area contributed by atoms with Gasteiger partial charge in [-0.2, -0.15) is 0 Å². The highest BCUT2D eigenvalue weighted by atomic mass is 16.7. The third kappa shape index (κ3) is 4.90. The van der Waals surface area contributed by atoms with E-state index in [1.165, 1.54) is 0 Å². The first kappa shape index (κ1) is 24.6. The Balaban J connectivity index is 1.40. The average molecular weight is 510 g/mol. The Kier molecular flexibility index (Phi) is 7.10. The second-order valence-electron chi connectivity index (χ2n) is 9.72. The van der Waals surface area contributed by atoms with E-state index in [9.17, 15) is 4.79 Å². The fraction of sp³-hybridized carbons (Fsp3) is 0.281. The van der Waals surface area contributed by atoms with Crippen molar-refractivity contribution in [3.8, 4) is 5.75 Å². The molecule has 0 saturated carbocycles. The third-order valence-electron chi connectivity index (χ3n) is 7.49. The van der Waals surface area contributed by atoms with Crippen LogP contribution >= 0.6 is 0 Å². The molecule has 0 spiro atoms. The average Bonchev–Trinajstić information content (AvgIpc) is 3.69. The number of amides is 1. The van der Waals surface area contributed by atoms with Gasteiger partial charge in [0.15, 0.2) is 6.29 Å². The number of benzene rings is 4. The van der Waals surface area contributed by atoms with Gasteiger partial charge in [-0.3, -0.25) is 4.79 Å². The Morgan fingerprint density at radius 2 is 1.68 bits per heavy atom. The molecule has 0 unspecified atom stereocenters. The standard InChI is InChI=1S/C32H31NO5/c1-35-26-13-14-27(29(18-26)32-37-15-16-38-32)28(25-12-11-22-7-5-6-10-24(22)17-25)19-31(34)33-21-36-20-30(33)23-8-3-2-4-9-23/h2-14,17-18,28,30,32H,15-16,19-21H2,1H3/t28-,30-/m0/s1. The highest BCUT2D eigenvalue weighted by molar-refractivity contribution is 5.84. The van der Waals surface area contributed by atoms with Crippen LogP contribution in [0.25, 0.3) is 10.8 Å². The minimum Gasteiger partial charge on any atom is -0.497 e. The SMILES string of the molecule is COc1ccc([C@@H](CC(=O)N2COC[C@H]2c2ccccc2)c2ccc3ccccc3c2)c(C2OCCO2)c1. The van der Waals surface area contributed by atoms with Crippen LogP contribution in [0.1, 0.15) is 46.9 Å². The van der Waals surface area contributed by atoms with Crippen LogP contribution in [0.4, 0.5) is 0 Å². The van der Waals surface area contributed by atoms with Crippen molar-refractivity contribution in [2.24, 2.45) is 0 Å². The lowest BCUT2D eigenvalue weighted by Gasteiger charge is -2.28. The molecule has 4 aromatic rings. The lowest BCUT2D eigenvalue weighted by molar-refractivity contribution is -0.133. The molecule has 0 aliphatic carbocycles. The minimum absolute atomic E-state index is 0.0459. The van der Waals surface area contributed by atoms with Crippen molar-refractivity contribution < 1.29 is 23.7 Å². The zero-order valence-electron chi connectivity index (χ0n) is 21.4. The van der Waals surface area contributed by atoms with Gasteiger partial charge in [-0.1, -0.05) is 78.9 Å². The number of hydrogen-bond acceptors (Lipinski definition) is 5. The van der Waals surface area contributed by atoms with E-state index in [2.05, 4.69) is 42.5 Å². The number of nitrogens with zero attached hydrogens (tertiary/aromatic N) is 1. The molecule has 6 nitrogen and oxygen atoms in total. The molecule has 6 rings (SSSR count). The summed E-state index contributed by atoms with van der Waals surface area (Å²) in [5, 5.41) is 2.30. The lowest BCUT2D eigenvalue weighted by atomic mass is 9.84. The molecular formula is C32H31NO5. The molecule has 2 fully saturated rings. The van der Waals surface area contributed by atoms with Gasteiger partial charge in [0.05, 0.1) is 33.0 Å². The first-order valence-corrected chi connectivity index (χ1v) is 13.0. The fourth-order valence-corrected chi connectivity index (χ4v) is 5.50. The van der Waals surface area contributed by atoms with E-state index in [4.69, 9.17) is 18.9 Å². The summed E-state index contributed by atoms with van der Waals surface area (Å²) in [5.74, 6) is 0.561. The molecule has 2 heterocycles. The highest BCUT2D eigenvalue weighted by Gasteiger charge is 2.34. The van der Waals surface area contributed by atoms with Gasteiger partial charge in [0, 0.05) is 17.9 Å². The predicted octanol–water partition coefficient (Wildman–Crippen LogP) is 5.97. The quantitative estimate of drug-likeness (QED) is 0.307. The first-order chi connectivity index (χ1) is 18.7. The number of carbonyl (C=O) groups is 1. The van der Waals surface area contributed by atoms with Crippen molar-refractivity contribution in [2.45, 2.75) is 24.7 Å². The monoisotopic (exact) mass is 509 g/mol. The van der Waals surface area contributed by atoms with Crippen molar-refractivity contribution in [3.63, 3.8) is 0 Å². The van der Waals surface area contributed by atoms with Crippen LogP contribution in [-0.4, -0.2) is 44.5 Å². The fourth-order valence-electron chi connectivity index (χ4n) is 5.50. The van der Waals surface area contributed by atoms with E-state index in [0.717, 1.165) is 38.8 Å². The van der Waals surface area contributed by atoms with Crippen LogP contribution in [0.3, 0.4) is 0 Å². The summed E-state index contributed by atoms with van der Waals surface area (Å²) in [6, 6.07) is 30.7. The molecule has 2 atom stereocenters. The number of rotatable bonds is 7. The van der Waals surface area contributed by atoms with Gasteiger partial charge in [0.25, 0.3) is 0 Å². The molecule has 2 aliphatic heterocycles. The summed E-state index contributed by atoms with van der Waals surface area (Å²) in [7, 11) is 1.65. The van der Waals surface area contributed by atoms with E-state index >= 15 is 0 Å². The Bertz CT molecular complexity index is 1420. The van der Waals surface area contributed by atoms with Crippen LogP contribution in [0.2, 0.25) is 0 Å². The molecule has 194 valence electrons. The van der Waals surface area contributed by atoms with E-state index in [1.807, 2.05) is 53.4 Å². The van der Waals surface area contributed by atoms with Crippen LogP contribution in [0.5, 0.6) is 5.75 Å². The van der Waals surface area contributed by atoms with Gasteiger partial charge in [0.1, 0.15) is 12.5 Å². The topological polar surface area (TPSA) is 57.2 Å². The van der Waals surface area contributed by atoms with E-state index < -0.39 is 6.29 Å². The predicted molar refractivity (Wildman–Crippen MR) is 145 cm³/mol. The Morgan fingerprint density at radius 3 is 2.47 bits per heavy atom. The molecule has 1 amide bonds. The molecule has 38 heavy (non-hydrogen) atoms. The van der Waals surface area contributed by atoms with Gasteiger partial charge >= 0.3 is 0 Å². The van der Waals surface area contributed by atoms with Crippen molar-refractivity contribution in [1.82, 2.24) is 4.90 Å². The van der Waals surface area contributed by atoms with E-state index in [0.29, 0.717) is 19.8 Å². The number of hydrogen-bond donors (Lipinski definition) is 0. The van der Waals surface area contributed by atoms with Crippen molar-refractivity contribution in [3.05, 3.63) is 113 Å². The minimum atomic E-state index is -0.495. The molecule has 0 radical (unpaired) electrons. The van der Waals surface area contributed by atoms with Crippen molar-refractivity contribution in [2.75, 3.05) is 33.7 Å². The number of carbonyl (C=O) groups excluding carboxylic acids is 1. The van der Waals surface area contributed by atoms with Crippen LogP contribution in [-0.2, 0) is 19.0 Å². The van der Waals surface area contributed by atoms with Crippen LogP contribution < -0.4 is 4.74 Å². The molecule has 6 heteroatoms. The number of fused-ring (bicyclic) bond motifs is 1. The molecular weight excluding hydrogens is 478 g/mol. The number of methoxy groups -OCH3 is 1. The molecule has 2 aliphatic rings. The zero-order valence-corrected chi connectivity index (χ0v) is 21.4. The maximum atomic E-state index is 14.0. The first-order valence-electron chi connectivity index (χ1n) is 13.0. The van der Waals surface area contributed by atoms with Gasteiger partial charge in [0.2, 0.25) is 5.91 Å². The van der Waals surface area contributed by atoms with Crippen LogP contribution in [0, 0.1) is 0 Å². The third-order valence-corrected chi connectivity index (χ3v) is 7.49. The molecule has 0 aromatic heterocycles. The largest absolute Gasteiger partial charge is 0.497 e. The summed E-state index contributed by atoms with van der Waals surface area (Å²) in [6.07, 6.45) is -0.206. The Morgan fingerprint density at radius 1 is 0.921 bits per heavy atom. The molecule has 4 aromatic carbocycles. The maximum absolute atomic E-state index is 14.0. The van der Waals surface area contributed by atoms with Gasteiger partial charge in [-0.25, -0.2) is 0 Å². The molecule has 0 bridgehead atoms. The lowest BCUT2D eigenvalue weighted by Crippen LogP contribution is -2.32. The summed E-state index contributed by atoms with van der Waals surface area (Å²) in [6.45, 7) is 1.84. The highest BCUT2D eigenvalue weighted by Crippen LogP contribution is 2.40. The second kappa shape index (κ2) is 11.0. The second-order valence-corrected chi connectivity index (χ2v) is 9.72. The van der Waals surface area contributed by atoms with Gasteiger partial charge < -0.3 is 23.8 Å². The summed E-state index contributed by atoms with van der Waals surface area (Å²) >= 11 is 0. The van der Waals surface area contributed by atoms with Crippen molar-refractivity contribution >= 4 is 16.7 Å². The van der Waals surface area contributed by atoms with Crippen molar-refractivity contribution in [1.29, 1.82) is 0 Å². The van der Waals surface area contributed by atoms with Gasteiger partial charge in [-0.05, 0) is 39.6 Å². The molecule has 2 saturated heterocycles. The van der Waals surface area contributed by atoms with E-state index in [-0.39, 0.29) is 31.0 Å². The number of ether oxygens (including phenoxy) is 4. The normalized spacial score (nSPS) is 18.7. The van der Waals surface area contributed by atoms with E-state index in [1.54, 1.807) is 7.11 Å². The summed E-state index contributed by atoms with van der Waals surface area (Å²) < 4.78 is 23.2. The maximum Gasteiger partial charge on any atom is 0.225 e. The Labute approximate surface area is 222 Å². The summed E-state index contributed by atoms with van der Waals surface area (Å²) in [5.41, 5.74) is 4.04. The van der Waals surface area contributed by atoms with Crippen LogP contribution in [0.15, 0.2) is 91.0 Å². The Hall–Kier alpha value is -3.71.